The first-order valence-electron chi connectivity index (χ1n) is 17.5. The Morgan fingerprint density at radius 1 is 0.500 bits per heavy atom. The Balaban J connectivity index is 3.67. The molecule has 0 rings (SSSR count). The molecule has 2 N–H and O–H groups in total. The van der Waals surface area contributed by atoms with Gasteiger partial charge in [-0.3, -0.25) is 5.41 Å². The third kappa shape index (κ3) is 25.7. The van der Waals surface area contributed by atoms with Crippen LogP contribution in [-0.2, 0) is 0 Å². The predicted molar refractivity (Wildman–Crippen MR) is 174 cm³/mol. The molecule has 0 unspecified atom stereocenters. The summed E-state index contributed by atoms with van der Waals surface area (Å²) >= 11 is 0. The summed E-state index contributed by atoms with van der Waals surface area (Å²) in [6.07, 6.45) is 34.4. The highest BCUT2D eigenvalue weighted by molar-refractivity contribution is 5.80. The molecule has 0 amide bonds. The van der Waals surface area contributed by atoms with Crippen LogP contribution in [0.4, 0.5) is 0 Å². The van der Waals surface area contributed by atoms with Crippen LogP contribution < -0.4 is 5.32 Å². The molecule has 0 aromatic carbocycles. The molecule has 0 aromatic rings. The molecule has 0 saturated carbocycles. The summed E-state index contributed by atoms with van der Waals surface area (Å²) in [6, 6.07) is 0. The number of nitrogens with one attached hydrogen (secondary N) is 2. The normalized spacial score (nSPS) is 11.8. The zero-order chi connectivity index (χ0) is 28.2. The molecule has 0 saturated heterocycles. The lowest BCUT2D eigenvalue weighted by molar-refractivity contribution is 0.226. The smallest absolute Gasteiger partial charge is 0.0974 e. The topological polar surface area (TPSA) is 39.1 Å². The van der Waals surface area contributed by atoms with E-state index in [4.69, 9.17) is 5.41 Å². The number of unbranched alkanes of at least 4 members (excludes halogenated alkanes) is 22. The van der Waals surface area contributed by atoms with Gasteiger partial charge in [0, 0.05) is 25.0 Å². The summed E-state index contributed by atoms with van der Waals surface area (Å²) in [5.41, 5.74) is 0.0460. The van der Waals surface area contributed by atoms with E-state index in [9.17, 15) is 0 Å². The maximum Gasteiger partial charge on any atom is 0.0974 e. The van der Waals surface area contributed by atoms with E-state index in [0.717, 1.165) is 31.9 Å². The second-order valence-electron chi connectivity index (χ2n) is 13.0. The molecular formula is C35H73N3. The molecule has 0 heterocycles. The summed E-state index contributed by atoms with van der Waals surface area (Å²) in [7, 11) is 0. The van der Waals surface area contributed by atoms with Crippen LogP contribution in [0.25, 0.3) is 0 Å². The lowest BCUT2D eigenvalue weighted by Crippen LogP contribution is -2.46. The zero-order valence-electron chi connectivity index (χ0n) is 27.2. The van der Waals surface area contributed by atoms with Crippen LogP contribution in [0.1, 0.15) is 195 Å². The van der Waals surface area contributed by atoms with E-state index in [1.807, 2.05) is 0 Å². The Morgan fingerprint density at radius 2 is 0.842 bits per heavy atom. The molecule has 3 nitrogen and oxygen atoms in total. The Hall–Kier alpha value is -0.570. The molecule has 0 aromatic heterocycles. The second kappa shape index (κ2) is 28.0. The summed E-state index contributed by atoms with van der Waals surface area (Å²) in [5, 5.41) is 12.3. The first-order valence-corrected chi connectivity index (χ1v) is 17.5. The Morgan fingerprint density at radius 3 is 1.21 bits per heavy atom. The lowest BCUT2D eigenvalue weighted by atomic mass is 10.0. The SMILES string of the molecule is CCCCCCCCCCCCCCNCCC(=N)N(CCCCCCCCCCCCCC)C(C)(C)C. The van der Waals surface area contributed by atoms with Crippen molar-refractivity contribution in [2.75, 3.05) is 19.6 Å². The lowest BCUT2D eigenvalue weighted by Gasteiger charge is -2.38. The number of amidine groups is 1. The van der Waals surface area contributed by atoms with Crippen LogP contribution in [-0.4, -0.2) is 35.9 Å². The van der Waals surface area contributed by atoms with Gasteiger partial charge in [0.25, 0.3) is 0 Å². The average molecular weight is 536 g/mol. The molecule has 0 spiro atoms. The van der Waals surface area contributed by atoms with E-state index in [1.54, 1.807) is 0 Å². The van der Waals surface area contributed by atoms with Gasteiger partial charge >= 0.3 is 0 Å². The molecule has 0 aliphatic rings. The van der Waals surface area contributed by atoms with Gasteiger partial charge in [-0.1, -0.05) is 155 Å². The van der Waals surface area contributed by atoms with Crippen LogP contribution in [0.15, 0.2) is 0 Å². The quantitative estimate of drug-likeness (QED) is 0.0568. The largest absolute Gasteiger partial charge is 0.356 e. The van der Waals surface area contributed by atoms with Gasteiger partial charge in [0.15, 0.2) is 0 Å². The minimum Gasteiger partial charge on any atom is -0.356 e. The minimum atomic E-state index is 0.0460. The summed E-state index contributed by atoms with van der Waals surface area (Å²) < 4.78 is 0. The van der Waals surface area contributed by atoms with E-state index in [0.29, 0.717) is 0 Å². The van der Waals surface area contributed by atoms with Gasteiger partial charge in [-0.05, 0) is 40.2 Å². The summed E-state index contributed by atoms with van der Waals surface area (Å²) in [6.45, 7) is 14.5. The fourth-order valence-electron chi connectivity index (χ4n) is 5.54. The number of hydrogen-bond donors (Lipinski definition) is 2. The maximum atomic E-state index is 8.71. The predicted octanol–water partition coefficient (Wildman–Crippen LogP) is 11.4. The van der Waals surface area contributed by atoms with Crippen molar-refractivity contribution in [3.8, 4) is 0 Å². The maximum absolute atomic E-state index is 8.71. The molecule has 38 heavy (non-hydrogen) atoms. The first-order chi connectivity index (χ1) is 18.4. The van der Waals surface area contributed by atoms with Gasteiger partial charge < -0.3 is 10.2 Å². The Kier molecular flexibility index (Phi) is 27.6. The Labute approximate surface area is 241 Å². The Bertz CT molecular complexity index is 482. The van der Waals surface area contributed by atoms with Crippen molar-refractivity contribution < 1.29 is 0 Å². The third-order valence-electron chi connectivity index (χ3n) is 8.12. The van der Waals surface area contributed by atoms with Gasteiger partial charge in [-0.2, -0.15) is 0 Å². The highest BCUT2D eigenvalue weighted by atomic mass is 15.2. The van der Waals surface area contributed by atoms with Gasteiger partial charge in [-0.25, -0.2) is 0 Å². The molecule has 3 heteroatoms. The van der Waals surface area contributed by atoms with Gasteiger partial charge in [0.2, 0.25) is 0 Å². The van der Waals surface area contributed by atoms with E-state index < -0.39 is 0 Å². The van der Waals surface area contributed by atoms with Crippen molar-refractivity contribution >= 4 is 5.84 Å². The molecule has 0 aliphatic heterocycles. The van der Waals surface area contributed by atoms with Crippen LogP contribution in [0.5, 0.6) is 0 Å². The van der Waals surface area contributed by atoms with E-state index in [1.165, 1.54) is 154 Å². The molecule has 0 aliphatic carbocycles. The number of nitrogens with zero attached hydrogens (tertiary/aromatic N) is 1. The highest BCUT2D eigenvalue weighted by Crippen LogP contribution is 2.18. The number of hydrogen-bond acceptors (Lipinski definition) is 2. The van der Waals surface area contributed by atoms with E-state index in [2.05, 4.69) is 44.8 Å². The molecule has 0 atom stereocenters. The van der Waals surface area contributed by atoms with Gasteiger partial charge in [-0.15, -0.1) is 0 Å². The summed E-state index contributed by atoms with van der Waals surface area (Å²) in [5.74, 6) is 0.822. The highest BCUT2D eigenvalue weighted by Gasteiger charge is 2.22. The van der Waals surface area contributed by atoms with Crippen molar-refractivity contribution in [3.05, 3.63) is 0 Å². The molecular weight excluding hydrogens is 462 g/mol. The van der Waals surface area contributed by atoms with Crippen molar-refractivity contribution in [2.24, 2.45) is 0 Å². The minimum absolute atomic E-state index is 0.0460. The van der Waals surface area contributed by atoms with Crippen molar-refractivity contribution in [1.29, 1.82) is 5.41 Å². The average Bonchev–Trinajstić information content (AvgIpc) is 2.88. The van der Waals surface area contributed by atoms with Gasteiger partial charge in [0.05, 0.1) is 5.84 Å². The van der Waals surface area contributed by atoms with Crippen molar-refractivity contribution in [3.63, 3.8) is 0 Å². The monoisotopic (exact) mass is 536 g/mol. The number of rotatable bonds is 29. The fourth-order valence-corrected chi connectivity index (χ4v) is 5.54. The third-order valence-corrected chi connectivity index (χ3v) is 8.12. The molecule has 0 fully saturated rings. The standard InChI is InChI=1S/C35H73N3/c1-6-8-10-12-14-16-18-20-22-24-26-28-31-37-32-30-34(36)38(35(3,4)5)33-29-27-25-23-21-19-17-15-13-11-9-7-2/h36-37H,6-33H2,1-5H3. The first kappa shape index (κ1) is 37.4. The molecule has 0 radical (unpaired) electrons. The second-order valence-corrected chi connectivity index (χ2v) is 13.0. The summed E-state index contributed by atoms with van der Waals surface area (Å²) in [4.78, 5) is 2.36. The van der Waals surface area contributed by atoms with Crippen LogP contribution in [0.2, 0.25) is 0 Å². The zero-order valence-corrected chi connectivity index (χ0v) is 27.2. The molecule has 0 bridgehead atoms. The molecule has 228 valence electrons. The van der Waals surface area contributed by atoms with Crippen LogP contribution >= 0.6 is 0 Å². The fraction of sp³-hybridized carbons (Fsp3) is 0.971. The van der Waals surface area contributed by atoms with Crippen molar-refractivity contribution in [1.82, 2.24) is 10.2 Å². The van der Waals surface area contributed by atoms with Gasteiger partial charge in [0.1, 0.15) is 0 Å². The van der Waals surface area contributed by atoms with E-state index >= 15 is 0 Å². The van der Waals surface area contributed by atoms with E-state index in [-0.39, 0.29) is 5.54 Å². The van der Waals surface area contributed by atoms with Crippen molar-refractivity contribution in [2.45, 2.75) is 201 Å². The van der Waals surface area contributed by atoms with Crippen LogP contribution in [0, 0.1) is 5.41 Å². The van der Waals surface area contributed by atoms with Crippen LogP contribution in [0.3, 0.4) is 0 Å².